The summed E-state index contributed by atoms with van der Waals surface area (Å²) in [5.41, 5.74) is 0. The highest BCUT2D eigenvalue weighted by molar-refractivity contribution is 7.89. The minimum Gasteiger partial charge on any atom is -0.383 e. The molecule has 0 aromatic carbocycles. The summed E-state index contributed by atoms with van der Waals surface area (Å²) >= 11 is 0. The Morgan fingerprint density at radius 2 is 1.94 bits per heavy atom. The third-order valence-electron chi connectivity index (χ3n) is 2.93. The number of nitrogens with two attached hydrogens (primary N) is 1. The Hall–Kier alpha value is -0.990. The van der Waals surface area contributed by atoms with Gasteiger partial charge in [0.2, 0.25) is 0 Å². The molecule has 0 saturated heterocycles. The molecule has 1 heterocycles. The summed E-state index contributed by atoms with van der Waals surface area (Å²) < 4.78 is 29.4. The maximum absolute atomic E-state index is 11.4. The van der Waals surface area contributed by atoms with E-state index in [9.17, 15) is 8.42 Å². The largest absolute Gasteiger partial charge is 0.383 e. The van der Waals surface area contributed by atoms with Crippen LogP contribution in [0.5, 0.6) is 0 Å². The van der Waals surface area contributed by atoms with E-state index in [1.54, 1.807) is 7.11 Å². The second-order valence-electron chi connectivity index (χ2n) is 4.56. The lowest BCUT2D eigenvalue weighted by Gasteiger charge is -2.16. The lowest BCUT2D eigenvalue weighted by molar-refractivity contribution is 0.182. The van der Waals surface area contributed by atoms with Crippen LogP contribution in [0.4, 0.5) is 0 Å². The van der Waals surface area contributed by atoms with Crippen LogP contribution in [0.3, 0.4) is 0 Å². The van der Waals surface area contributed by atoms with E-state index in [0.717, 1.165) is 0 Å². The molecule has 7 nitrogen and oxygen atoms in total. The highest BCUT2D eigenvalue weighted by Gasteiger charge is 2.25. The minimum atomic E-state index is -3.87. The first-order valence-electron chi connectivity index (χ1n) is 5.73. The van der Waals surface area contributed by atoms with E-state index in [1.165, 1.54) is 4.57 Å². The van der Waals surface area contributed by atoms with Crippen molar-refractivity contribution in [1.29, 1.82) is 0 Å². The zero-order valence-electron chi connectivity index (χ0n) is 11.1. The van der Waals surface area contributed by atoms with E-state index in [-0.39, 0.29) is 11.1 Å². The van der Waals surface area contributed by atoms with Crippen molar-refractivity contribution in [2.75, 3.05) is 13.7 Å². The molecule has 0 saturated carbocycles. The number of aromatic nitrogens is 3. The molecule has 0 aliphatic rings. The standard InChI is InChI=1S/C10H20N4O3S/c1-7(2)8(3)9-12-13-10(18(11,15)16)14(9)5-6-17-4/h7-8H,5-6H2,1-4H3,(H2,11,15,16). The van der Waals surface area contributed by atoms with Crippen molar-refractivity contribution in [1.82, 2.24) is 14.8 Å². The summed E-state index contributed by atoms with van der Waals surface area (Å²) in [6.07, 6.45) is 0. The van der Waals surface area contributed by atoms with E-state index in [0.29, 0.717) is 24.9 Å². The molecular weight excluding hydrogens is 256 g/mol. The smallest absolute Gasteiger partial charge is 0.273 e. The molecule has 104 valence electrons. The van der Waals surface area contributed by atoms with Crippen LogP contribution in [0.2, 0.25) is 0 Å². The third-order valence-corrected chi connectivity index (χ3v) is 3.74. The molecule has 8 heteroatoms. The molecule has 1 atom stereocenters. The number of ether oxygens (including phenoxy) is 1. The lowest BCUT2D eigenvalue weighted by atomic mass is 9.97. The lowest BCUT2D eigenvalue weighted by Crippen LogP contribution is -2.22. The van der Waals surface area contributed by atoms with Crippen molar-refractivity contribution in [3.8, 4) is 0 Å². The fraction of sp³-hybridized carbons (Fsp3) is 0.800. The van der Waals surface area contributed by atoms with Crippen molar-refractivity contribution >= 4 is 10.0 Å². The SMILES string of the molecule is COCCn1c(C(C)C(C)C)nnc1S(N)(=O)=O. The van der Waals surface area contributed by atoms with Crippen LogP contribution in [0, 0.1) is 5.92 Å². The molecule has 0 aliphatic carbocycles. The topological polar surface area (TPSA) is 100 Å². The highest BCUT2D eigenvalue weighted by atomic mass is 32.2. The van der Waals surface area contributed by atoms with Gasteiger partial charge in [0.1, 0.15) is 5.82 Å². The second-order valence-corrected chi connectivity index (χ2v) is 6.02. The summed E-state index contributed by atoms with van der Waals surface area (Å²) in [7, 11) is -2.32. The van der Waals surface area contributed by atoms with Gasteiger partial charge in [-0.1, -0.05) is 20.8 Å². The van der Waals surface area contributed by atoms with Crippen LogP contribution >= 0.6 is 0 Å². The zero-order valence-corrected chi connectivity index (χ0v) is 11.9. The fourth-order valence-corrected chi connectivity index (χ4v) is 2.18. The molecule has 0 amide bonds. The Morgan fingerprint density at radius 1 is 1.33 bits per heavy atom. The van der Waals surface area contributed by atoms with Gasteiger partial charge in [-0.25, -0.2) is 13.6 Å². The van der Waals surface area contributed by atoms with Crippen LogP contribution < -0.4 is 5.14 Å². The average Bonchev–Trinajstić information content (AvgIpc) is 2.68. The fourth-order valence-electron chi connectivity index (χ4n) is 1.54. The number of sulfonamides is 1. The minimum absolute atomic E-state index is 0.0878. The van der Waals surface area contributed by atoms with Crippen molar-refractivity contribution in [3.05, 3.63) is 5.82 Å². The molecule has 1 aromatic rings. The molecular formula is C10H20N4O3S. The van der Waals surface area contributed by atoms with Gasteiger partial charge < -0.3 is 4.74 Å². The molecule has 1 aromatic heterocycles. The van der Waals surface area contributed by atoms with Crippen LogP contribution in [0.1, 0.15) is 32.5 Å². The van der Waals surface area contributed by atoms with E-state index in [2.05, 4.69) is 10.2 Å². The molecule has 0 bridgehead atoms. The van der Waals surface area contributed by atoms with Crippen LogP contribution in [0.15, 0.2) is 5.16 Å². The number of hydrogen-bond donors (Lipinski definition) is 1. The van der Waals surface area contributed by atoms with E-state index in [1.807, 2.05) is 20.8 Å². The average molecular weight is 276 g/mol. The van der Waals surface area contributed by atoms with Crippen LogP contribution in [-0.2, 0) is 21.3 Å². The maximum Gasteiger partial charge on any atom is 0.273 e. The van der Waals surface area contributed by atoms with Crippen molar-refractivity contribution in [2.45, 2.75) is 38.4 Å². The van der Waals surface area contributed by atoms with Gasteiger partial charge in [-0.3, -0.25) is 4.57 Å². The molecule has 1 unspecified atom stereocenters. The molecule has 0 spiro atoms. The number of nitrogens with zero attached hydrogens (tertiary/aromatic N) is 3. The predicted octanol–water partition coefficient (Wildman–Crippen LogP) is 0.331. The van der Waals surface area contributed by atoms with Gasteiger partial charge in [0.25, 0.3) is 15.2 Å². The first-order chi connectivity index (χ1) is 8.29. The Bertz CT molecular complexity index is 495. The van der Waals surface area contributed by atoms with E-state index < -0.39 is 10.0 Å². The third kappa shape index (κ3) is 3.27. The summed E-state index contributed by atoms with van der Waals surface area (Å²) in [6, 6.07) is 0. The van der Waals surface area contributed by atoms with Gasteiger partial charge >= 0.3 is 0 Å². The zero-order chi connectivity index (χ0) is 13.9. The summed E-state index contributed by atoms with van der Waals surface area (Å²) in [5, 5.41) is 12.6. The summed E-state index contributed by atoms with van der Waals surface area (Å²) in [4.78, 5) is 0. The van der Waals surface area contributed by atoms with Gasteiger partial charge in [-0.15, -0.1) is 10.2 Å². The normalized spacial score (nSPS) is 14.1. The Kier molecular flexibility index (Phi) is 4.83. The number of hydrogen-bond acceptors (Lipinski definition) is 5. The predicted molar refractivity (Wildman–Crippen MR) is 66.5 cm³/mol. The number of rotatable bonds is 6. The van der Waals surface area contributed by atoms with E-state index >= 15 is 0 Å². The molecule has 0 radical (unpaired) electrons. The van der Waals surface area contributed by atoms with Crippen LogP contribution in [0.25, 0.3) is 0 Å². The van der Waals surface area contributed by atoms with Crippen molar-refractivity contribution in [3.63, 3.8) is 0 Å². The Morgan fingerprint density at radius 3 is 2.39 bits per heavy atom. The quantitative estimate of drug-likeness (QED) is 0.807. The number of methoxy groups -OCH3 is 1. The summed E-state index contributed by atoms with van der Waals surface area (Å²) in [6.45, 7) is 6.79. The van der Waals surface area contributed by atoms with Gasteiger partial charge in [0.05, 0.1) is 6.61 Å². The van der Waals surface area contributed by atoms with Gasteiger partial charge in [0.15, 0.2) is 0 Å². The number of primary sulfonamides is 1. The Balaban J connectivity index is 3.23. The Labute approximate surface area is 107 Å². The highest BCUT2D eigenvalue weighted by Crippen LogP contribution is 2.23. The van der Waals surface area contributed by atoms with Gasteiger partial charge in [-0.2, -0.15) is 0 Å². The molecule has 0 aliphatic heterocycles. The second kappa shape index (κ2) is 5.77. The molecule has 2 N–H and O–H groups in total. The van der Waals surface area contributed by atoms with Gasteiger partial charge in [0, 0.05) is 19.6 Å². The molecule has 1 rings (SSSR count). The first kappa shape index (κ1) is 15.1. The monoisotopic (exact) mass is 276 g/mol. The molecule has 0 fully saturated rings. The van der Waals surface area contributed by atoms with Gasteiger partial charge in [-0.05, 0) is 5.92 Å². The summed E-state index contributed by atoms with van der Waals surface area (Å²) in [5.74, 6) is 1.03. The maximum atomic E-state index is 11.4. The molecule has 18 heavy (non-hydrogen) atoms. The van der Waals surface area contributed by atoms with E-state index in [4.69, 9.17) is 9.88 Å². The first-order valence-corrected chi connectivity index (χ1v) is 7.28. The van der Waals surface area contributed by atoms with Crippen LogP contribution in [-0.4, -0.2) is 36.9 Å². The van der Waals surface area contributed by atoms with Crippen molar-refractivity contribution < 1.29 is 13.2 Å². The van der Waals surface area contributed by atoms with Crippen molar-refractivity contribution in [2.24, 2.45) is 11.1 Å².